The van der Waals surface area contributed by atoms with E-state index >= 15 is 0 Å². The van der Waals surface area contributed by atoms with Crippen molar-refractivity contribution in [2.24, 2.45) is 29.4 Å². The van der Waals surface area contributed by atoms with E-state index in [1.54, 1.807) is 11.5 Å². The van der Waals surface area contributed by atoms with Crippen molar-refractivity contribution in [3.63, 3.8) is 0 Å². The summed E-state index contributed by atoms with van der Waals surface area (Å²) in [6.07, 6.45) is 5.14. The Labute approximate surface area is 205 Å². The number of hydrogen-bond acceptors (Lipinski definition) is 6. The highest BCUT2D eigenvalue weighted by molar-refractivity contribution is 7.13. The van der Waals surface area contributed by atoms with Crippen molar-refractivity contribution in [3.05, 3.63) is 24.3 Å². The van der Waals surface area contributed by atoms with Crippen LogP contribution in [0.2, 0.25) is 0 Å². The SMILES string of the molecule is Cl.NC(=O)C1C2CCC(C2)C1C(=O)NCCCCN1CCN(c2nsc3ccccc23)CC1. The summed E-state index contributed by atoms with van der Waals surface area (Å²) in [4.78, 5) is 29.5. The second kappa shape index (κ2) is 10.6. The zero-order chi connectivity index (χ0) is 22.1. The number of nitrogens with two attached hydrogens (primary N) is 1. The zero-order valence-electron chi connectivity index (χ0n) is 18.9. The molecule has 4 unspecified atom stereocenters. The molecule has 5 rings (SSSR count). The van der Waals surface area contributed by atoms with Crippen molar-refractivity contribution in [3.8, 4) is 0 Å². The number of carbonyl (C=O) groups is 2. The first kappa shape index (κ1) is 24.2. The number of rotatable bonds is 8. The average molecular weight is 492 g/mol. The smallest absolute Gasteiger partial charge is 0.224 e. The van der Waals surface area contributed by atoms with Gasteiger partial charge >= 0.3 is 0 Å². The van der Waals surface area contributed by atoms with Crippen LogP contribution in [-0.2, 0) is 9.59 Å². The van der Waals surface area contributed by atoms with Crippen LogP contribution in [0.1, 0.15) is 32.1 Å². The lowest BCUT2D eigenvalue weighted by molar-refractivity contribution is -0.135. The highest BCUT2D eigenvalue weighted by Crippen LogP contribution is 2.52. The molecule has 4 atom stereocenters. The van der Waals surface area contributed by atoms with Gasteiger partial charge in [0.15, 0.2) is 0 Å². The number of anilines is 1. The van der Waals surface area contributed by atoms with E-state index in [1.807, 2.05) is 0 Å². The molecular formula is C24H34ClN5O2S. The summed E-state index contributed by atoms with van der Waals surface area (Å²) < 4.78 is 5.94. The molecule has 2 bridgehead atoms. The zero-order valence-corrected chi connectivity index (χ0v) is 20.6. The maximum Gasteiger partial charge on any atom is 0.224 e. The summed E-state index contributed by atoms with van der Waals surface area (Å²) >= 11 is 1.58. The number of piperazine rings is 1. The third-order valence-electron chi connectivity index (χ3n) is 7.78. The fourth-order valence-electron chi connectivity index (χ4n) is 6.15. The first-order chi connectivity index (χ1) is 15.6. The number of aromatic nitrogens is 1. The maximum absolute atomic E-state index is 12.7. The van der Waals surface area contributed by atoms with E-state index in [-0.39, 0.29) is 36.1 Å². The highest BCUT2D eigenvalue weighted by Gasteiger charge is 2.53. The number of nitrogens with zero attached hydrogens (tertiary/aromatic N) is 3. The van der Waals surface area contributed by atoms with Crippen LogP contribution in [0.4, 0.5) is 5.82 Å². The van der Waals surface area contributed by atoms with E-state index in [0.29, 0.717) is 18.4 Å². The van der Waals surface area contributed by atoms with E-state index < -0.39 is 0 Å². The number of primary amides is 1. The third kappa shape index (κ3) is 4.98. The number of hydrogen-bond donors (Lipinski definition) is 2. The molecule has 1 aromatic heterocycles. The summed E-state index contributed by atoms with van der Waals surface area (Å²) in [5.74, 6) is 1.12. The van der Waals surface area contributed by atoms with E-state index in [1.165, 1.54) is 10.1 Å². The lowest BCUT2D eigenvalue weighted by atomic mass is 9.78. The van der Waals surface area contributed by atoms with E-state index in [9.17, 15) is 9.59 Å². The van der Waals surface area contributed by atoms with Crippen molar-refractivity contribution >= 4 is 51.7 Å². The largest absolute Gasteiger partial charge is 0.369 e. The molecule has 3 aliphatic rings. The standard InChI is InChI=1S/C24H33N5O2S.ClH/c25-22(30)20-16-7-8-17(15-16)21(20)24(31)26-9-3-4-10-28-11-13-29(14-12-28)23-18-5-1-2-6-19(18)32-27-23;/h1-2,5-6,16-17,20-21H,3-4,7-15H2,(H2,25,30)(H,26,31);1H. The normalized spacial score (nSPS) is 27.0. The van der Waals surface area contributed by atoms with Gasteiger partial charge in [-0.15, -0.1) is 12.4 Å². The quantitative estimate of drug-likeness (QED) is 0.554. The summed E-state index contributed by atoms with van der Waals surface area (Å²) in [6, 6.07) is 8.45. The lowest BCUT2D eigenvalue weighted by Crippen LogP contribution is -2.47. The summed E-state index contributed by atoms with van der Waals surface area (Å²) in [7, 11) is 0. The minimum absolute atomic E-state index is 0. The number of fused-ring (bicyclic) bond motifs is 3. The van der Waals surface area contributed by atoms with Crippen molar-refractivity contribution in [1.29, 1.82) is 0 Å². The molecule has 3 fully saturated rings. The monoisotopic (exact) mass is 491 g/mol. The van der Waals surface area contributed by atoms with Gasteiger partial charge in [-0.1, -0.05) is 12.1 Å². The lowest BCUT2D eigenvalue weighted by Gasteiger charge is -2.35. The van der Waals surface area contributed by atoms with Gasteiger partial charge in [0.2, 0.25) is 11.8 Å². The number of unbranched alkanes of at least 4 members (excludes halogenated alkanes) is 1. The Morgan fingerprint density at radius 3 is 2.55 bits per heavy atom. The molecule has 1 aromatic carbocycles. The van der Waals surface area contributed by atoms with Gasteiger partial charge in [-0.05, 0) is 74.1 Å². The van der Waals surface area contributed by atoms with Crippen LogP contribution in [0.3, 0.4) is 0 Å². The fraction of sp³-hybridized carbons (Fsp3) is 0.625. The number of halogens is 1. The molecule has 7 nitrogen and oxygen atoms in total. The predicted molar refractivity (Wildman–Crippen MR) is 135 cm³/mol. The molecule has 2 heterocycles. The fourth-order valence-corrected chi connectivity index (χ4v) is 6.95. The van der Waals surface area contributed by atoms with Crippen LogP contribution >= 0.6 is 23.9 Å². The van der Waals surface area contributed by atoms with Gasteiger partial charge in [0.05, 0.1) is 16.5 Å². The molecule has 1 aliphatic heterocycles. The van der Waals surface area contributed by atoms with Crippen LogP contribution < -0.4 is 16.0 Å². The summed E-state index contributed by atoms with van der Waals surface area (Å²) in [5, 5.41) is 4.35. The molecule has 180 valence electrons. The Morgan fingerprint density at radius 1 is 1.06 bits per heavy atom. The highest BCUT2D eigenvalue weighted by atomic mass is 35.5. The second-order valence-electron chi connectivity index (χ2n) is 9.62. The molecule has 33 heavy (non-hydrogen) atoms. The molecule has 2 aromatic rings. The Hall–Kier alpha value is -1.90. The maximum atomic E-state index is 12.7. The minimum Gasteiger partial charge on any atom is -0.369 e. The molecule has 2 aliphatic carbocycles. The first-order valence-electron chi connectivity index (χ1n) is 12.0. The van der Waals surface area contributed by atoms with Gasteiger partial charge < -0.3 is 16.0 Å². The van der Waals surface area contributed by atoms with Crippen molar-refractivity contribution < 1.29 is 9.59 Å². The van der Waals surface area contributed by atoms with Crippen LogP contribution in [-0.4, -0.2) is 60.4 Å². The Bertz CT molecular complexity index is 977. The molecule has 0 radical (unpaired) electrons. The minimum atomic E-state index is -0.290. The van der Waals surface area contributed by atoms with Gasteiger partial charge in [0, 0.05) is 38.1 Å². The predicted octanol–water partition coefficient (Wildman–Crippen LogP) is 2.88. The summed E-state index contributed by atoms with van der Waals surface area (Å²) in [6.45, 7) is 5.84. The number of carbonyl (C=O) groups excluding carboxylic acids is 2. The van der Waals surface area contributed by atoms with Gasteiger partial charge in [-0.3, -0.25) is 14.5 Å². The van der Waals surface area contributed by atoms with Crippen LogP contribution in [0, 0.1) is 23.7 Å². The van der Waals surface area contributed by atoms with Gasteiger partial charge in [0.1, 0.15) is 5.82 Å². The van der Waals surface area contributed by atoms with E-state index in [0.717, 1.165) is 70.6 Å². The van der Waals surface area contributed by atoms with Gasteiger partial charge in [-0.25, -0.2) is 0 Å². The second-order valence-corrected chi connectivity index (χ2v) is 10.4. The number of amides is 2. The third-order valence-corrected chi connectivity index (χ3v) is 8.60. The number of nitrogens with one attached hydrogen (secondary N) is 1. The van der Waals surface area contributed by atoms with Crippen LogP contribution in [0.5, 0.6) is 0 Å². The topological polar surface area (TPSA) is 91.6 Å². The Balaban J connectivity index is 0.00000259. The number of benzene rings is 1. The molecule has 1 saturated heterocycles. The first-order valence-corrected chi connectivity index (χ1v) is 12.8. The van der Waals surface area contributed by atoms with Crippen molar-refractivity contribution in [1.82, 2.24) is 14.6 Å². The van der Waals surface area contributed by atoms with Crippen LogP contribution in [0.15, 0.2) is 24.3 Å². The van der Waals surface area contributed by atoms with E-state index in [4.69, 9.17) is 5.73 Å². The molecule has 2 amide bonds. The van der Waals surface area contributed by atoms with E-state index in [2.05, 4.69) is 43.8 Å². The van der Waals surface area contributed by atoms with Crippen molar-refractivity contribution in [2.75, 3.05) is 44.2 Å². The van der Waals surface area contributed by atoms with Gasteiger partial charge in [-0.2, -0.15) is 4.37 Å². The molecule has 9 heteroatoms. The van der Waals surface area contributed by atoms with Crippen LogP contribution in [0.25, 0.3) is 10.1 Å². The molecule has 3 N–H and O–H groups in total. The Morgan fingerprint density at radius 2 is 1.79 bits per heavy atom. The summed E-state index contributed by atoms with van der Waals surface area (Å²) in [5.41, 5.74) is 5.61. The molecule has 2 saturated carbocycles. The van der Waals surface area contributed by atoms with Gasteiger partial charge in [0.25, 0.3) is 0 Å². The van der Waals surface area contributed by atoms with Crippen molar-refractivity contribution in [2.45, 2.75) is 32.1 Å². The average Bonchev–Trinajstić information content (AvgIpc) is 3.53. The Kier molecular flexibility index (Phi) is 7.76. The molecular weight excluding hydrogens is 458 g/mol. The molecule has 0 spiro atoms.